The van der Waals surface area contributed by atoms with Gasteiger partial charge >= 0.3 is 0 Å². The number of hydrogen-bond acceptors (Lipinski definition) is 2. The van der Waals surface area contributed by atoms with Crippen LogP contribution < -0.4 is 0 Å². The molecular formula is C15H26N2O2. The number of hydrogen-bond donors (Lipinski definition) is 0. The van der Waals surface area contributed by atoms with E-state index in [9.17, 15) is 9.59 Å². The van der Waals surface area contributed by atoms with E-state index in [0.29, 0.717) is 31.8 Å². The highest BCUT2D eigenvalue weighted by Gasteiger charge is 2.26. The van der Waals surface area contributed by atoms with E-state index < -0.39 is 0 Å². The Morgan fingerprint density at radius 3 is 2.63 bits per heavy atom. The minimum Gasteiger partial charge on any atom is -0.341 e. The molecule has 2 rings (SSSR count). The summed E-state index contributed by atoms with van der Waals surface area (Å²) in [5.41, 5.74) is 0. The van der Waals surface area contributed by atoms with Gasteiger partial charge in [0.2, 0.25) is 11.8 Å². The molecule has 0 aromatic carbocycles. The summed E-state index contributed by atoms with van der Waals surface area (Å²) in [4.78, 5) is 28.0. The van der Waals surface area contributed by atoms with Gasteiger partial charge < -0.3 is 9.80 Å². The average molecular weight is 266 g/mol. The van der Waals surface area contributed by atoms with E-state index in [1.807, 2.05) is 9.80 Å². The summed E-state index contributed by atoms with van der Waals surface area (Å²) in [5.74, 6) is 1.06. The van der Waals surface area contributed by atoms with Gasteiger partial charge in [-0.15, -0.1) is 0 Å². The van der Waals surface area contributed by atoms with Crippen LogP contribution >= 0.6 is 0 Å². The van der Waals surface area contributed by atoms with Crippen LogP contribution in [0.3, 0.4) is 0 Å². The lowest BCUT2D eigenvalue weighted by Crippen LogP contribution is -2.36. The summed E-state index contributed by atoms with van der Waals surface area (Å²) in [5, 5.41) is 0. The predicted octanol–water partition coefficient (Wildman–Crippen LogP) is 2.04. The van der Waals surface area contributed by atoms with Gasteiger partial charge in [-0.25, -0.2) is 0 Å². The fourth-order valence-electron chi connectivity index (χ4n) is 3.21. The van der Waals surface area contributed by atoms with Gasteiger partial charge in [0.05, 0.1) is 0 Å². The van der Waals surface area contributed by atoms with Crippen molar-refractivity contribution in [1.29, 1.82) is 0 Å². The molecule has 1 aliphatic heterocycles. The first kappa shape index (κ1) is 14.4. The highest BCUT2D eigenvalue weighted by Crippen LogP contribution is 2.28. The van der Waals surface area contributed by atoms with Gasteiger partial charge in [0.15, 0.2) is 0 Å². The molecule has 1 heterocycles. The van der Waals surface area contributed by atoms with Crippen molar-refractivity contribution in [2.24, 2.45) is 5.92 Å². The molecule has 2 amide bonds. The Bertz CT molecular complexity index is 324. The van der Waals surface area contributed by atoms with Crippen LogP contribution in [0.5, 0.6) is 0 Å². The van der Waals surface area contributed by atoms with Gasteiger partial charge in [0, 0.05) is 39.0 Å². The quantitative estimate of drug-likeness (QED) is 0.781. The number of carbonyl (C=O) groups excluding carboxylic acids is 2. The van der Waals surface area contributed by atoms with Gasteiger partial charge in [0.1, 0.15) is 0 Å². The third-order valence-corrected chi connectivity index (χ3v) is 4.37. The second kappa shape index (κ2) is 6.92. The van der Waals surface area contributed by atoms with Gasteiger partial charge in [-0.1, -0.05) is 19.8 Å². The molecule has 1 saturated heterocycles. The predicted molar refractivity (Wildman–Crippen MR) is 74.6 cm³/mol. The van der Waals surface area contributed by atoms with Gasteiger partial charge in [-0.3, -0.25) is 9.59 Å². The Labute approximate surface area is 116 Å². The standard InChI is InChI=1S/C15H26N2O2/c1-2-8-16-10-11-17(9-7-14(16)18)15(19)12-13-5-3-4-6-13/h13H,2-12H2,1H3. The average Bonchev–Trinajstić information content (AvgIpc) is 2.82. The molecule has 0 radical (unpaired) electrons. The molecule has 2 fully saturated rings. The molecule has 4 heteroatoms. The minimum atomic E-state index is 0.206. The minimum absolute atomic E-state index is 0.206. The van der Waals surface area contributed by atoms with Crippen LogP contribution in [0.2, 0.25) is 0 Å². The molecule has 1 aliphatic carbocycles. The fourth-order valence-corrected chi connectivity index (χ4v) is 3.21. The van der Waals surface area contributed by atoms with Crippen molar-refractivity contribution in [2.75, 3.05) is 26.2 Å². The van der Waals surface area contributed by atoms with Crippen LogP contribution in [0.4, 0.5) is 0 Å². The van der Waals surface area contributed by atoms with E-state index in [4.69, 9.17) is 0 Å². The molecule has 2 aliphatic rings. The Morgan fingerprint density at radius 2 is 1.95 bits per heavy atom. The molecule has 0 unspecified atom stereocenters. The third-order valence-electron chi connectivity index (χ3n) is 4.37. The van der Waals surface area contributed by atoms with Crippen LogP contribution in [-0.2, 0) is 9.59 Å². The lowest BCUT2D eigenvalue weighted by Gasteiger charge is -2.23. The number of rotatable bonds is 4. The molecule has 19 heavy (non-hydrogen) atoms. The molecule has 108 valence electrons. The molecule has 0 aromatic heterocycles. The Morgan fingerprint density at radius 1 is 1.21 bits per heavy atom. The summed E-state index contributed by atoms with van der Waals surface area (Å²) in [6.45, 7) is 4.95. The second-order valence-electron chi connectivity index (χ2n) is 5.87. The number of amides is 2. The first-order chi connectivity index (χ1) is 9.20. The molecule has 0 bridgehead atoms. The van der Waals surface area contributed by atoms with Crippen molar-refractivity contribution < 1.29 is 9.59 Å². The van der Waals surface area contributed by atoms with Gasteiger partial charge in [-0.2, -0.15) is 0 Å². The molecule has 1 saturated carbocycles. The highest BCUT2D eigenvalue weighted by molar-refractivity contribution is 5.80. The summed E-state index contributed by atoms with van der Waals surface area (Å²) >= 11 is 0. The van der Waals surface area contributed by atoms with Crippen molar-refractivity contribution in [3.63, 3.8) is 0 Å². The number of carbonyl (C=O) groups is 2. The number of nitrogens with zero attached hydrogens (tertiary/aromatic N) is 2. The maximum absolute atomic E-state index is 12.3. The Kier molecular flexibility index (Phi) is 5.23. The first-order valence-corrected chi connectivity index (χ1v) is 7.76. The van der Waals surface area contributed by atoms with Crippen molar-refractivity contribution in [1.82, 2.24) is 9.80 Å². The van der Waals surface area contributed by atoms with Crippen LogP contribution in [0.1, 0.15) is 51.9 Å². The van der Waals surface area contributed by atoms with Crippen LogP contribution in [-0.4, -0.2) is 47.8 Å². The summed E-state index contributed by atoms with van der Waals surface area (Å²) in [6, 6.07) is 0. The SMILES string of the molecule is CCCN1CCN(C(=O)CC2CCCC2)CCC1=O. The Hall–Kier alpha value is -1.06. The maximum atomic E-state index is 12.3. The third kappa shape index (κ3) is 3.95. The zero-order valence-corrected chi connectivity index (χ0v) is 12.1. The molecule has 0 N–H and O–H groups in total. The fraction of sp³-hybridized carbons (Fsp3) is 0.867. The largest absolute Gasteiger partial charge is 0.341 e. The van der Waals surface area contributed by atoms with E-state index in [0.717, 1.165) is 19.5 Å². The molecule has 0 atom stereocenters. The summed E-state index contributed by atoms with van der Waals surface area (Å²) < 4.78 is 0. The topological polar surface area (TPSA) is 40.6 Å². The smallest absolute Gasteiger partial charge is 0.224 e. The first-order valence-electron chi connectivity index (χ1n) is 7.76. The van der Waals surface area contributed by atoms with Crippen molar-refractivity contribution in [3.05, 3.63) is 0 Å². The van der Waals surface area contributed by atoms with Crippen molar-refractivity contribution in [2.45, 2.75) is 51.9 Å². The molecule has 0 spiro atoms. The van der Waals surface area contributed by atoms with Gasteiger partial charge in [0.25, 0.3) is 0 Å². The van der Waals surface area contributed by atoms with Gasteiger partial charge in [-0.05, 0) is 25.2 Å². The lowest BCUT2D eigenvalue weighted by atomic mass is 10.0. The van der Waals surface area contributed by atoms with Crippen LogP contribution in [0.25, 0.3) is 0 Å². The van der Waals surface area contributed by atoms with Crippen LogP contribution in [0.15, 0.2) is 0 Å². The normalized spacial score (nSPS) is 21.8. The lowest BCUT2D eigenvalue weighted by molar-refractivity contribution is -0.132. The summed E-state index contributed by atoms with van der Waals surface area (Å²) in [6.07, 6.45) is 7.16. The van der Waals surface area contributed by atoms with E-state index in [1.165, 1.54) is 25.7 Å². The maximum Gasteiger partial charge on any atom is 0.224 e. The zero-order valence-electron chi connectivity index (χ0n) is 12.1. The highest BCUT2D eigenvalue weighted by atomic mass is 16.2. The van der Waals surface area contributed by atoms with Crippen molar-refractivity contribution >= 4 is 11.8 Å². The van der Waals surface area contributed by atoms with Crippen molar-refractivity contribution in [3.8, 4) is 0 Å². The van der Waals surface area contributed by atoms with E-state index in [2.05, 4.69) is 6.92 Å². The summed E-state index contributed by atoms with van der Waals surface area (Å²) in [7, 11) is 0. The molecule has 4 nitrogen and oxygen atoms in total. The molecule has 0 aromatic rings. The van der Waals surface area contributed by atoms with Crippen LogP contribution in [0, 0.1) is 5.92 Å². The van der Waals surface area contributed by atoms with E-state index in [-0.39, 0.29) is 11.8 Å². The second-order valence-corrected chi connectivity index (χ2v) is 5.87. The monoisotopic (exact) mass is 266 g/mol. The zero-order chi connectivity index (χ0) is 13.7. The van der Waals surface area contributed by atoms with E-state index in [1.54, 1.807) is 0 Å². The molecular weight excluding hydrogens is 240 g/mol. The van der Waals surface area contributed by atoms with E-state index >= 15 is 0 Å². The Balaban J connectivity index is 1.83.